The Balaban J connectivity index is 1.66. The zero-order chi connectivity index (χ0) is 16.7. The summed E-state index contributed by atoms with van der Waals surface area (Å²) in [7, 11) is 0. The third-order valence-corrected chi connectivity index (χ3v) is 4.85. The molecule has 0 atom stereocenters. The third kappa shape index (κ3) is 2.58. The highest BCUT2D eigenvalue weighted by atomic mass is 16.2. The summed E-state index contributed by atoms with van der Waals surface area (Å²) in [5.74, 6) is 0.118. The molecule has 122 valence electrons. The molecule has 2 aromatic rings. The Labute approximate surface area is 141 Å². The van der Waals surface area contributed by atoms with Gasteiger partial charge in [0.1, 0.15) is 0 Å². The first-order valence-corrected chi connectivity index (χ1v) is 8.46. The molecule has 0 radical (unpaired) electrons. The normalized spacial score (nSPS) is 15.9. The number of hydrogen-bond donors (Lipinski definition) is 1. The molecule has 0 aromatic heterocycles. The highest BCUT2D eigenvalue weighted by molar-refractivity contribution is 6.06. The van der Waals surface area contributed by atoms with Crippen molar-refractivity contribution >= 4 is 23.2 Å². The summed E-state index contributed by atoms with van der Waals surface area (Å²) >= 11 is 0. The van der Waals surface area contributed by atoms with Crippen LogP contribution < -0.4 is 10.2 Å². The molecule has 0 bridgehead atoms. The molecule has 0 unspecified atom stereocenters. The van der Waals surface area contributed by atoms with Crippen LogP contribution in [-0.4, -0.2) is 18.4 Å². The van der Waals surface area contributed by atoms with E-state index in [2.05, 4.69) is 5.32 Å². The number of hydrogen-bond acceptors (Lipinski definition) is 2. The molecule has 0 spiro atoms. The fourth-order valence-electron chi connectivity index (χ4n) is 3.62. The quantitative estimate of drug-likeness (QED) is 0.921. The number of rotatable bonds is 2. The maximum atomic E-state index is 12.6. The van der Waals surface area contributed by atoms with Crippen LogP contribution in [0.25, 0.3) is 0 Å². The van der Waals surface area contributed by atoms with E-state index >= 15 is 0 Å². The van der Waals surface area contributed by atoms with Crippen LogP contribution in [0.5, 0.6) is 0 Å². The molecule has 4 heteroatoms. The maximum Gasteiger partial charge on any atom is 0.255 e. The number of nitrogens with one attached hydrogen (secondary N) is 1. The number of anilines is 2. The summed E-state index contributed by atoms with van der Waals surface area (Å²) < 4.78 is 0. The van der Waals surface area contributed by atoms with E-state index in [1.54, 1.807) is 0 Å². The summed E-state index contributed by atoms with van der Waals surface area (Å²) in [5.41, 5.74) is 5.95. The van der Waals surface area contributed by atoms with Crippen molar-refractivity contribution in [2.24, 2.45) is 0 Å². The largest absolute Gasteiger partial charge is 0.322 e. The summed E-state index contributed by atoms with van der Waals surface area (Å²) in [6.07, 6.45) is 3.15. The SMILES string of the molecule is Cc1ccc(NC(=O)c2cc3c4c(c2)CCC(=O)N4CCC3)cc1. The van der Waals surface area contributed by atoms with Gasteiger partial charge in [0.2, 0.25) is 5.91 Å². The van der Waals surface area contributed by atoms with Crippen molar-refractivity contribution in [2.75, 3.05) is 16.8 Å². The van der Waals surface area contributed by atoms with Gasteiger partial charge >= 0.3 is 0 Å². The van der Waals surface area contributed by atoms with Crippen molar-refractivity contribution in [1.29, 1.82) is 0 Å². The van der Waals surface area contributed by atoms with Crippen LogP contribution in [0.2, 0.25) is 0 Å². The van der Waals surface area contributed by atoms with Crippen LogP contribution in [0.1, 0.15) is 39.9 Å². The molecule has 2 amide bonds. The molecular formula is C20H20N2O2. The first-order chi connectivity index (χ1) is 11.6. The molecule has 0 aliphatic carbocycles. The number of benzene rings is 2. The second-order valence-corrected chi connectivity index (χ2v) is 6.61. The fourth-order valence-corrected chi connectivity index (χ4v) is 3.62. The Morgan fingerprint density at radius 3 is 2.50 bits per heavy atom. The first-order valence-electron chi connectivity index (χ1n) is 8.46. The number of amides is 2. The number of carbonyl (C=O) groups excluding carboxylic acids is 2. The third-order valence-electron chi connectivity index (χ3n) is 4.85. The Kier molecular flexibility index (Phi) is 3.60. The predicted molar refractivity (Wildman–Crippen MR) is 94.6 cm³/mol. The van der Waals surface area contributed by atoms with Crippen LogP contribution in [0.4, 0.5) is 11.4 Å². The Morgan fingerprint density at radius 2 is 1.75 bits per heavy atom. The van der Waals surface area contributed by atoms with Gasteiger partial charge in [-0.15, -0.1) is 0 Å². The monoisotopic (exact) mass is 320 g/mol. The zero-order valence-electron chi connectivity index (χ0n) is 13.8. The minimum Gasteiger partial charge on any atom is -0.322 e. The topological polar surface area (TPSA) is 49.4 Å². The van der Waals surface area contributed by atoms with Crippen LogP contribution in [0.15, 0.2) is 36.4 Å². The van der Waals surface area contributed by atoms with Gasteiger partial charge in [-0.1, -0.05) is 17.7 Å². The lowest BCUT2D eigenvalue weighted by Gasteiger charge is -2.35. The second kappa shape index (κ2) is 5.78. The van der Waals surface area contributed by atoms with Gasteiger partial charge in [0.15, 0.2) is 0 Å². The van der Waals surface area contributed by atoms with Gasteiger partial charge in [-0.3, -0.25) is 9.59 Å². The Bertz CT molecular complexity index is 807. The van der Waals surface area contributed by atoms with Crippen molar-refractivity contribution in [3.05, 3.63) is 58.7 Å². The van der Waals surface area contributed by atoms with E-state index in [1.165, 1.54) is 0 Å². The van der Waals surface area contributed by atoms with Gasteiger partial charge in [-0.05, 0) is 61.6 Å². The molecule has 0 fully saturated rings. The summed E-state index contributed by atoms with van der Waals surface area (Å²) in [6, 6.07) is 11.7. The van der Waals surface area contributed by atoms with Gasteiger partial charge in [-0.2, -0.15) is 0 Å². The van der Waals surface area contributed by atoms with Crippen LogP contribution in [0, 0.1) is 6.92 Å². The molecule has 0 saturated heterocycles. The molecule has 2 aliphatic rings. The lowest BCUT2D eigenvalue weighted by molar-refractivity contribution is -0.119. The lowest BCUT2D eigenvalue weighted by Crippen LogP contribution is -2.39. The molecule has 1 N–H and O–H groups in total. The smallest absolute Gasteiger partial charge is 0.255 e. The van der Waals surface area contributed by atoms with E-state index in [4.69, 9.17) is 0 Å². The minimum absolute atomic E-state index is 0.0908. The highest BCUT2D eigenvalue weighted by Crippen LogP contribution is 2.36. The van der Waals surface area contributed by atoms with Gasteiger partial charge in [0.25, 0.3) is 5.91 Å². The standard InChI is InChI=1S/C20H20N2O2/c1-13-4-7-17(8-5-13)21-20(24)16-11-14-3-2-10-22-18(23)9-6-15(12-16)19(14)22/h4-5,7-8,11-12H,2-3,6,9-10H2,1H3,(H,21,24). The van der Waals surface area contributed by atoms with E-state index in [0.29, 0.717) is 12.0 Å². The molecule has 2 aromatic carbocycles. The van der Waals surface area contributed by atoms with Crippen molar-refractivity contribution in [1.82, 2.24) is 0 Å². The van der Waals surface area contributed by atoms with Gasteiger partial charge in [0.05, 0.1) is 5.69 Å². The van der Waals surface area contributed by atoms with Crippen molar-refractivity contribution in [3.63, 3.8) is 0 Å². The molecule has 24 heavy (non-hydrogen) atoms. The zero-order valence-corrected chi connectivity index (χ0v) is 13.8. The molecule has 4 rings (SSSR count). The molecular weight excluding hydrogens is 300 g/mol. The molecule has 2 heterocycles. The Hall–Kier alpha value is -2.62. The summed E-state index contributed by atoms with van der Waals surface area (Å²) in [5, 5.41) is 2.96. The van der Waals surface area contributed by atoms with Gasteiger partial charge in [0, 0.05) is 24.2 Å². The average molecular weight is 320 g/mol. The number of nitrogens with zero attached hydrogens (tertiary/aromatic N) is 1. The van der Waals surface area contributed by atoms with E-state index in [9.17, 15) is 9.59 Å². The van der Waals surface area contributed by atoms with E-state index in [0.717, 1.165) is 53.9 Å². The Morgan fingerprint density at radius 1 is 1.04 bits per heavy atom. The maximum absolute atomic E-state index is 12.6. The number of carbonyl (C=O) groups is 2. The predicted octanol–water partition coefficient (Wildman–Crippen LogP) is 3.47. The van der Waals surface area contributed by atoms with E-state index in [-0.39, 0.29) is 11.8 Å². The fraction of sp³-hybridized carbons (Fsp3) is 0.300. The van der Waals surface area contributed by atoms with Crippen molar-refractivity contribution in [3.8, 4) is 0 Å². The van der Waals surface area contributed by atoms with Crippen LogP contribution >= 0.6 is 0 Å². The molecule has 4 nitrogen and oxygen atoms in total. The van der Waals surface area contributed by atoms with Crippen LogP contribution in [0.3, 0.4) is 0 Å². The van der Waals surface area contributed by atoms with E-state index < -0.39 is 0 Å². The van der Waals surface area contributed by atoms with Gasteiger partial charge in [-0.25, -0.2) is 0 Å². The van der Waals surface area contributed by atoms with Crippen LogP contribution in [-0.2, 0) is 17.6 Å². The lowest BCUT2D eigenvalue weighted by atomic mass is 9.89. The molecule has 0 saturated carbocycles. The second-order valence-electron chi connectivity index (χ2n) is 6.61. The average Bonchev–Trinajstić information content (AvgIpc) is 2.60. The number of aryl methyl sites for hydroxylation is 3. The summed E-state index contributed by atoms with van der Waals surface area (Å²) in [6.45, 7) is 2.82. The molecule has 2 aliphatic heterocycles. The highest BCUT2D eigenvalue weighted by Gasteiger charge is 2.30. The summed E-state index contributed by atoms with van der Waals surface area (Å²) in [4.78, 5) is 26.6. The van der Waals surface area contributed by atoms with E-state index in [1.807, 2.05) is 48.2 Å². The van der Waals surface area contributed by atoms with Crippen molar-refractivity contribution in [2.45, 2.75) is 32.6 Å². The first kappa shape index (κ1) is 14.9. The van der Waals surface area contributed by atoms with Gasteiger partial charge < -0.3 is 10.2 Å². The minimum atomic E-state index is -0.0908. The van der Waals surface area contributed by atoms with Crippen molar-refractivity contribution < 1.29 is 9.59 Å².